The van der Waals surface area contributed by atoms with Crippen molar-refractivity contribution in [2.45, 2.75) is 34.6 Å². The highest BCUT2D eigenvalue weighted by atomic mass is 15.0. The van der Waals surface area contributed by atoms with E-state index < -0.39 is 0 Å². The van der Waals surface area contributed by atoms with Crippen molar-refractivity contribution >= 4 is 18.2 Å². The smallest absolute Gasteiger partial charge is 0.0468 e. The summed E-state index contributed by atoms with van der Waals surface area (Å²) < 4.78 is 2.21. The summed E-state index contributed by atoms with van der Waals surface area (Å²) in [4.78, 5) is 0. The first-order chi connectivity index (χ1) is 10.6. The SMILES string of the molecule is C=C/C(C)=c1/c(/C=C\C)c(C)n(-c2ccccc2)c1=C.CC. The molecule has 1 nitrogen and oxygen atoms in total. The first-order valence-electron chi connectivity index (χ1n) is 7.83. The second-order valence-corrected chi connectivity index (χ2v) is 4.88. The number of allylic oxidation sites excluding steroid dienone is 2. The van der Waals surface area contributed by atoms with Crippen LogP contribution in [0.2, 0.25) is 0 Å². The van der Waals surface area contributed by atoms with E-state index in [9.17, 15) is 0 Å². The lowest BCUT2D eigenvalue weighted by atomic mass is 10.1. The fourth-order valence-electron chi connectivity index (χ4n) is 2.61. The molecule has 0 amide bonds. The summed E-state index contributed by atoms with van der Waals surface area (Å²) in [5.41, 5.74) is 4.72. The quantitative estimate of drug-likeness (QED) is 0.778. The van der Waals surface area contributed by atoms with Gasteiger partial charge in [0, 0.05) is 27.5 Å². The van der Waals surface area contributed by atoms with Crippen LogP contribution in [0.15, 0.2) is 49.1 Å². The highest BCUT2D eigenvalue weighted by Gasteiger charge is 2.10. The summed E-state index contributed by atoms with van der Waals surface area (Å²) in [7, 11) is 0. The molecule has 1 heterocycles. The van der Waals surface area contributed by atoms with E-state index in [4.69, 9.17) is 0 Å². The van der Waals surface area contributed by atoms with Crippen LogP contribution in [0, 0.1) is 6.92 Å². The van der Waals surface area contributed by atoms with Gasteiger partial charge in [-0.3, -0.25) is 0 Å². The topological polar surface area (TPSA) is 4.93 Å². The molecule has 0 aliphatic carbocycles. The zero-order valence-electron chi connectivity index (χ0n) is 14.5. The van der Waals surface area contributed by atoms with Gasteiger partial charge in [-0.2, -0.15) is 0 Å². The molecule has 0 fully saturated rings. The van der Waals surface area contributed by atoms with Crippen LogP contribution in [0.1, 0.15) is 39.0 Å². The van der Waals surface area contributed by atoms with Crippen LogP contribution in [0.3, 0.4) is 0 Å². The number of rotatable bonds is 3. The lowest BCUT2D eigenvalue weighted by molar-refractivity contribution is 0.977. The minimum atomic E-state index is 1.01. The summed E-state index contributed by atoms with van der Waals surface area (Å²) in [6.07, 6.45) is 6.11. The highest BCUT2D eigenvalue weighted by molar-refractivity contribution is 5.64. The average molecular weight is 293 g/mol. The second-order valence-electron chi connectivity index (χ2n) is 4.88. The van der Waals surface area contributed by atoms with Crippen molar-refractivity contribution in [3.63, 3.8) is 0 Å². The van der Waals surface area contributed by atoms with Gasteiger partial charge in [0.15, 0.2) is 0 Å². The Morgan fingerprint density at radius 2 is 1.73 bits per heavy atom. The average Bonchev–Trinajstić information content (AvgIpc) is 2.80. The maximum atomic E-state index is 4.29. The van der Waals surface area contributed by atoms with Crippen LogP contribution >= 0.6 is 0 Å². The first-order valence-corrected chi connectivity index (χ1v) is 7.83. The largest absolute Gasteiger partial charge is 0.314 e. The molecule has 0 saturated carbocycles. The van der Waals surface area contributed by atoms with E-state index in [0.29, 0.717) is 0 Å². The number of hydrogen-bond acceptors (Lipinski definition) is 0. The molecular formula is C21H27N. The molecule has 0 N–H and O–H groups in total. The van der Waals surface area contributed by atoms with Gasteiger partial charge in [0.25, 0.3) is 0 Å². The molecule has 0 unspecified atom stereocenters. The normalized spacial score (nSPS) is 11.9. The zero-order chi connectivity index (χ0) is 16.7. The van der Waals surface area contributed by atoms with Crippen molar-refractivity contribution < 1.29 is 0 Å². The summed E-state index contributed by atoms with van der Waals surface area (Å²) in [5, 5.41) is 2.19. The van der Waals surface area contributed by atoms with Crippen LogP contribution in [0.25, 0.3) is 23.9 Å². The van der Waals surface area contributed by atoms with Gasteiger partial charge in [-0.05, 0) is 38.5 Å². The Morgan fingerprint density at radius 3 is 2.23 bits per heavy atom. The highest BCUT2D eigenvalue weighted by Crippen LogP contribution is 2.12. The Morgan fingerprint density at radius 1 is 1.14 bits per heavy atom. The molecule has 2 rings (SSSR count). The van der Waals surface area contributed by atoms with E-state index >= 15 is 0 Å². The third-order valence-corrected chi connectivity index (χ3v) is 3.60. The third kappa shape index (κ3) is 3.30. The molecule has 1 aromatic carbocycles. The van der Waals surface area contributed by atoms with Gasteiger partial charge in [-0.25, -0.2) is 0 Å². The van der Waals surface area contributed by atoms with Crippen LogP contribution in [0.4, 0.5) is 0 Å². The van der Waals surface area contributed by atoms with Crippen LogP contribution in [-0.4, -0.2) is 4.57 Å². The van der Waals surface area contributed by atoms with E-state index in [2.05, 4.69) is 55.9 Å². The van der Waals surface area contributed by atoms with Crippen molar-refractivity contribution in [1.29, 1.82) is 0 Å². The molecule has 0 atom stereocenters. The Hall–Kier alpha value is -2.28. The molecule has 0 radical (unpaired) electrons. The molecule has 1 aromatic heterocycles. The molecule has 2 aromatic rings. The second kappa shape index (κ2) is 8.23. The van der Waals surface area contributed by atoms with Gasteiger partial charge in [0.1, 0.15) is 0 Å². The van der Waals surface area contributed by atoms with E-state index in [-0.39, 0.29) is 0 Å². The molecule has 0 spiro atoms. The molecule has 0 aliphatic rings. The maximum absolute atomic E-state index is 4.29. The number of nitrogens with zero attached hydrogens (tertiary/aromatic N) is 1. The predicted molar refractivity (Wildman–Crippen MR) is 101 cm³/mol. The van der Waals surface area contributed by atoms with Crippen molar-refractivity contribution in [3.05, 3.63) is 70.9 Å². The minimum Gasteiger partial charge on any atom is -0.314 e. The van der Waals surface area contributed by atoms with Crippen LogP contribution in [-0.2, 0) is 0 Å². The molecule has 22 heavy (non-hydrogen) atoms. The Labute approximate surface area is 134 Å². The lowest BCUT2D eigenvalue weighted by Gasteiger charge is -2.06. The fourth-order valence-corrected chi connectivity index (χ4v) is 2.61. The van der Waals surface area contributed by atoms with E-state index in [0.717, 1.165) is 16.6 Å². The van der Waals surface area contributed by atoms with Crippen LogP contribution < -0.4 is 10.6 Å². The van der Waals surface area contributed by atoms with E-state index in [1.165, 1.54) is 16.5 Å². The van der Waals surface area contributed by atoms with Gasteiger partial charge in [0.05, 0.1) is 0 Å². The van der Waals surface area contributed by atoms with Crippen molar-refractivity contribution in [1.82, 2.24) is 4.57 Å². The number of hydrogen-bond donors (Lipinski definition) is 0. The molecule has 116 valence electrons. The van der Waals surface area contributed by atoms with Gasteiger partial charge in [-0.1, -0.05) is 63.4 Å². The molecular weight excluding hydrogens is 266 g/mol. The van der Waals surface area contributed by atoms with Gasteiger partial charge < -0.3 is 4.57 Å². The number of aromatic nitrogens is 1. The molecule has 0 bridgehead atoms. The molecule has 0 saturated heterocycles. The van der Waals surface area contributed by atoms with Crippen molar-refractivity contribution in [2.24, 2.45) is 0 Å². The first kappa shape index (κ1) is 17.8. The summed E-state index contributed by atoms with van der Waals surface area (Å²) >= 11 is 0. The van der Waals surface area contributed by atoms with Crippen molar-refractivity contribution in [3.8, 4) is 5.69 Å². The monoisotopic (exact) mass is 293 g/mol. The Kier molecular flexibility index (Phi) is 6.65. The zero-order valence-corrected chi connectivity index (χ0v) is 14.5. The molecule has 0 aliphatic heterocycles. The van der Waals surface area contributed by atoms with Crippen LogP contribution in [0.5, 0.6) is 0 Å². The fraction of sp³-hybridized carbons (Fsp3) is 0.238. The third-order valence-electron chi connectivity index (χ3n) is 3.60. The standard InChI is InChI=1S/C19H21N.C2H6/c1-6-11-18-15(4)20(17-12-9-8-10-13-17)16(5)19(18)14(3)7-2;1-2/h6-13H,2,5H2,1,3-4H3;1-2H3/b11-6-,19-14+;. The summed E-state index contributed by atoms with van der Waals surface area (Å²) in [6.45, 7) is 18.4. The summed E-state index contributed by atoms with van der Waals surface area (Å²) in [5.74, 6) is 0. The Balaban J connectivity index is 0.00000116. The van der Waals surface area contributed by atoms with Gasteiger partial charge in [-0.15, -0.1) is 0 Å². The molecule has 1 heteroatoms. The van der Waals surface area contributed by atoms with Gasteiger partial charge >= 0.3 is 0 Å². The Bertz CT molecular complexity index is 758. The maximum Gasteiger partial charge on any atom is 0.0468 e. The number of para-hydroxylation sites is 1. The summed E-state index contributed by atoms with van der Waals surface area (Å²) in [6, 6.07) is 10.3. The van der Waals surface area contributed by atoms with E-state index in [1.807, 2.05) is 45.0 Å². The minimum absolute atomic E-state index is 1.01. The van der Waals surface area contributed by atoms with E-state index in [1.54, 1.807) is 0 Å². The van der Waals surface area contributed by atoms with Gasteiger partial charge in [0.2, 0.25) is 0 Å². The number of benzene rings is 1. The lowest BCUT2D eigenvalue weighted by Crippen LogP contribution is -2.29. The van der Waals surface area contributed by atoms with Crippen molar-refractivity contribution in [2.75, 3.05) is 0 Å². The predicted octanol–water partition coefficient (Wildman–Crippen LogP) is 4.61.